The van der Waals surface area contributed by atoms with E-state index < -0.39 is 17.8 Å². The summed E-state index contributed by atoms with van der Waals surface area (Å²) in [5, 5.41) is 6.75. The van der Waals surface area contributed by atoms with Crippen LogP contribution in [0, 0.1) is 6.92 Å². The number of anilines is 1. The van der Waals surface area contributed by atoms with Crippen LogP contribution in [0.1, 0.15) is 34.8 Å². The zero-order chi connectivity index (χ0) is 26.8. The third kappa shape index (κ3) is 7.55. The molecule has 0 unspecified atom stereocenters. The Morgan fingerprint density at radius 2 is 1.76 bits per heavy atom. The maximum atomic E-state index is 12.5. The van der Waals surface area contributed by atoms with Crippen LogP contribution in [0.3, 0.4) is 0 Å². The number of hydrogen-bond acceptors (Lipinski definition) is 7. The highest BCUT2D eigenvalue weighted by molar-refractivity contribution is 6.40. The molecule has 0 fully saturated rings. The lowest BCUT2D eigenvalue weighted by Crippen LogP contribution is -2.32. The van der Waals surface area contributed by atoms with Crippen molar-refractivity contribution in [3.63, 3.8) is 0 Å². The number of amides is 2. The quantitative estimate of drug-likeness (QED) is 0.137. The molecule has 0 bridgehead atoms. The molecule has 0 aliphatic carbocycles. The van der Waals surface area contributed by atoms with Crippen molar-refractivity contribution < 1.29 is 28.6 Å². The molecule has 10 heteroatoms. The van der Waals surface area contributed by atoms with Crippen molar-refractivity contribution in [3.8, 4) is 17.2 Å². The van der Waals surface area contributed by atoms with E-state index in [1.807, 2.05) is 6.92 Å². The molecule has 0 aromatic heterocycles. The summed E-state index contributed by atoms with van der Waals surface area (Å²) < 4.78 is 16.3. The van der Waals surface area contributed by atoms with Crippen molar-refractivity contribution in [1.29, 1.82) is 0 Å². The van der Waals surface area contributed by atoms with E-state index in [9.17, 15) is 14.4 Å². The van der Waals surface area contributed by atoms with E-state index in [-0.39, 0.29) is 11.5 Å². The predicted octanol–water partition coefficient (Wildman–Crippen LogP) is 4.75. The summed E-state index contributed by atoms with van der Waals surface area (Å²) in [6, 6.07) is 16.3. The topological polar surface area (TPSA) is 115 Å². The van der Waals surface area contributed by atoms with Gasteiger partial charge in [0.05, 0.1) is 25.5 Å². The van der Waals surface area contributed by atoms with Gasteiger partial charge in [0, 0.05) is 10.7 Å². The van der Waals surface area contributed by atoms with Crippen molar-refractivity contribution in [2.45, 2.75) is 20.3 Å². The molecule has 37 heavy (non-hydrogen) atoms. The number of hydrogen-bond donors (Lipinski definition) is 2. The number of nitrogens with one attached hydrogen (secondary N) is 2. The smallest absolute Gasteiger partial charge is 0.343 e. The molecule has 0 radical (unpaired) electrons. The van der Waals surface area contributed by atoms with E-state index in [1.165, 1.54) is 19.4 Å². The highest BCUT2D eigenvalue weighted by Crippen LogP contribution is 2.28. The Kier molecular flexibility index (Phi) is 9.62. The first-order chi connectivity index (χ1) is 17.8. The maximum Gasteiger partial charge on any atom is 0.343 e. The van der Waals surface area contributed by atoms with Crippen molar-refractivity contribution >= 4 is 41.3 Å². The molecule has 0 saturated carbocycles. The fourth-order valence-corrected chi connectivity index (χ4v) is 3.23. The number of ether oxygens (including phenoxy) is 3. The first-order valence-corrected chi connectivity index (χ1v) is 11.7. The van der Waals surface area contributed by atoms with E-state index in [2.05, 4.69) is 15.8 Å². The molecule has 0 heterocycles. The molecule has 3 aromatic rings. The summed E-state index contributed by atoms with van der Waals surface area (Å²) in [6.07, 6.45) is 2.20. The van der Waals surface area contributed by atoms with Gasteiger partial charge in [-0.2, -0.15) is 5.10 Å². The van der Waals surface area contributed by atoms with Gasteiger partial charge >= 0.3 is 17.8 Å². The summed E-state index contributed by atoms with van der Waals surface area (Å²) in [6.45, 7) is 4.33. The van der Waals surface area contributed by atoms with E-state index >= 15 is 0 Å². The Labute approximate surface area is 219 Å². The van der Waals surface area contributed by atoms with Gasteiger partial charge in [0.25, 0.3) is 0 Å². The Hall–Kier alpha value is -4.37. The first kappa shape index (κ1) is 27.2. The number of halogens is 1. The minimum atomic E-state index is -0.959. The molecule has 0 saturated heterocycles. The van der Waals surface area contributed by atoms with E-state index in [0.29, 0.717) is 39.8 Å². The molecule has 3 rings (SSSR count). The van der Waals surface area contributed by atoms with Crippen LogP contribution in [-0.2, 0) is 9.59 Å². The summed E-state index contributed by atoms with van der Waals surface area (Å²) >= 11 is 6.03. The standard InChI is InChI=1S/C27H26ClN3O6/c1-4-14-36-20-11-9-19(10-12-20)27(34)37-23-13-8-18(15-24(23)35-3)16-29-31-26(33)25(32)30-22-7-5-6-21(28)17(22)2/h5-13,15-16H,4,14H2,1-3H3,(H,30,32)(H,31,33)/b29-16+. The zero-order valence-corrected chi connectivity index (χ0v) is 21.3. The lowest BCUT2D eigenvalue weighted by molar-refractivity contribution is -0.136. The Bertz CT molecular complexity index is 1310. The third-order valence-electron chi connectivity index (χ3n) is 5.06. The Morgan fingerprint density at radius 3 is 2.46 bits per heavy atom. The first-order valence-electron chi connectivity index (χ1n) is 11.3. The van der Waals surface area contributed by atoms with Gasteiger partial charge in [-0.1, -0.05) is 24.6 Å². The molecule has 0 aliphatic rings. The number of nitrogens with zero attached hydrogens (tertiary/aromatic N) is 1. The van der Waals surface area contributed by atoms with Crippen LogP contribution >= 0.6 is 11.6 Å². The second kappa shape index (κ2) is 13.1. The largest absolute Gasteiger partial charge is 0.494 e. The molecular weight excluding hydrogens is 498 g/mol. The molecule has 0 spiro atoms. The number of rotatable bonds is 9. The van der Waals surface area contributed by atoms with Gasteiger partial charge < -0.3 is 19.5 Å². The van der Waals surface area contributed by atoms with E-state index in [4.69, 9.17) is 25.8 Å². The number of carbonyl (C=O) groups excluding carboxylic acids is 3. The normalized spacial score (nSPS) is 10.6. The number of esters is 1. The molecule has 2 N–H and O–H groups in total. The van der Waals surface area contributed by atoms with Crippen molar-refractivity contribution in [2.75, 3.05) is 19.0 Å². The van der Waals surface area contributed by atoms with Crippen LogP contribution in [0.4, 0.5) is 5.69 Å². The van der Waals surface area contributed by atoms with E-state index in [0.717, 1.165) is 6.42 Å². The summed E-state index contributed by atoms with van der Waals surface area (Å²) in [4.78, 5) is 36.7. The second-order valence-electron chi connectivity index (χ2n) is 7.74. The fourth-order valence-electron chi connectivity index (χ4n) is 3.05. The molecule has 0 atom stereocenters. The second-order valence-corrected chi connectivity index (χ2v) is 8.15. The molecule has 192 valence electrons. The van der Waals surface area contributed by atoms with Crippen molar-refractivity contribution in [1.82, 2.24) is 5.43 Å². The van der Waals surface area contributed by atoms with Crippen molar-refractivity contribution in [2.24, 2.45) is 5.10 Å². The van der Waals surface area contributed by atoms with Crippen LogP contribution in [-0.4, -0.2) is 37.7 Å². The zero-order valence-electron chi connectivity index (χ0n) is 20.5. The SMILES string of the molecule is CCCOc1ccc(C(=O)Oc2ccc(/C=N/NC(=O)C(=O)Nc3cccc(Cl)c3C)cc2OC)cc1. The summed E-state index contributed by atoms with van der Waals surface area (Å²) in [5.74, 6) is -1.26. The average molecular weight is 524 g/mol. The lowest BCUT2D eigenvalue weighted by Gasteiger charge is -2.10. The number of benzene rings is 3. The number of methoxy groups -OCH3 is 1. The van der Waals surface area contributed by atoms with Gasteiger partial charge in [-0.25, -0.2) is 10.2 Å². The van der Waals surface area contributed by atoms with Crippen LogP contribution in [0.5, 0.6) is 17.2 Å². The molecule has 0 aliphatic heterocycles. The van der Waals surface area contributed by atoms with Crippen molar-refractivity contribution in [3.05, 3.63) is 82.4 Å². The monoisotopic (exact) mass is 523 g/mol. The fraction of sp³-hybridized carbons (Fsp3) is 0.185. The minimum absolute atomic E-state index is 0.205. The highest BCUT2D eigenvalue weighted by Gasteiger charge is 2.15. The van der Waals surface area contributed by atoms with Crippen LogP contribution in [0.2, 0.25) is 5.02 Å². The van der Waals surface area contributed by atoms with E-state index in [1.54, 1.807) is 61.5 Å². The maximum absolute atomic E-state index is 12.5. The highest BCUT2D eigenvalue weighted by atomic mass is 35.5. The van der Waals surface area contributed by atoms with Gasteiger partial charge in [-0.3, -0.25) is 9.59 Å². The van der Waals surface area contributed by atoms with Gasteiger partial charge in [-0.15, -0.1) is 0 Å². The molecule has 3 aromatic carbocycles. The number of carbonyl (C=O) groups is 3. The Morgan fingerprint density at radius 1 is 1.00 bits per heavy atom. The Balaban J connectivity index is 1.59. The van der Waals surface area contributed by atoms with Crippen LogP contribution in [0.25, 0.3) is 0 Å². The van der Waals surface area contributed by atoms with Gasteiger partial charge in [0.1, 0.15) is 5.75 Å². The molecule has 9 nitrogen and oxygen atoms in total. The average Bonchev–Trinajstić information content (AvgIpc) is 2.90. The summed E-state index contributed by atoms with van der Waals surface area (Å²) in [7, 11) is 1.43. The van der Waals surface area contributed by atoms with Crippen LogP contribution in [0.15, 0.2) is 65.8 Å². The molecule has 2 amide bonds. The van der Waals surface area contributed by atoms with Crippen LogP contribution < -0.4 is 25.0 Å². The number of hydrazone groups is 1. The van der Waals surface area contributed by atoms with Gasteiger partial charge in [0.2, 0.25) is 0 Å². The van der Waals surface area contributed by atoms with Gasteiger partial charge in [-0.05, 0) is 79.1 Å². The summed E-state index contributed by atoms with van der Waals surface area (Å²) in [5.41, 5.74) is 4.10. The molecular formula is C27H26ClN3O6. The lowest BCUT2D eigenvalue weighted by atomic mass is 10.2. The third-order valence-corrected chi connectivity index (χ3v) is 5.46. The van der Waals surface area contributed by atoms with Gasteiger partial charge in [0.15, 0.2) is 11.5 Å². The predicted molar refractivity (Wildman–Crippen MR) is 141 cm³/mol. The minimum Gasteiger partial charge on any atom is -0.494 e.